The van der Waals surface area contributed by atoms with Gasteiger partial charge >= 0.3 is 0 Å². The average molecular weight is 495 g/mol. The van der Waals surface area contributed by atoms with Crippen LogP contribution in [-0.2, 0) is 23.8 Å². The Labute approximate surface area is 197 Å². The summed E-state index contributed by atoms with van der Waals surface area (Å²) in [7, 11) is -1.44. The number of halogens is 2. The van der Waals surface area contributed by atoms with Crippen molar-refractivity contribution in [3.63, 3.8) is 0 Å². The molecule has 0 fully saturated rings. The average Bonchev–Trinajstić information content (AvgIpc) is 3.33. The van der Waals surface area contributed by atoms with Crippen LogP contribution < -0.4 is 10.0 Å². The maximum atomic E-state index is 12.7. The van der Waals surface area contributed by atoms with Crippen molar-refractivity contribution in [1.82, 2.24) is 15.5 Å². The summed E-state index contributed by atoms with van der Waals surface area (Å²) >= 11 is 13.5. The first-order chi connectivity index (χ1) is 14.8. The molecule has 10 heteroatoms. The zero-order chi connectivity index (χ0) is 22.1. The predicted octanol–water partition coefficient (Wildman–Crippen LogP) is 5.00. The molecule has 1 amide bonds. The second kappa shape index (κ2) is 9.24. The molecule has 2 unspecified atom stereocenters. The van der Waals surface area contributed by atoms with Gasteiger partial charge in [0, 0.05) is 17.0 Å². The number of nitrogens with one attached hydrogen (secondary N) is 2. The van der Waals surface area contributed by atoms with Gasteiger partial charge in [0.05, 0.1) is 15.5 Å². The number of carbonyl (C=O) groups excluding carboxylic acids is 1. The van der Waals surface area contributed by atoms with Gasteiger partial charge in [0.15, 0.2) is 11.0 Å². The molecule has 6 nitrogen and oxygen atoms in total. The molecule has 31 heavy (non-hydrogen) atoms. The van der Waals surface area contributed by atoms with E-state index in [0.717, 1.165) is 16.1 Å². The van der Waals surface area contributed by atoms with Crippen LogP contribution in [0.1, 0.15) is 46.3 Å². The lowest BCUT2D eigenvalue weighted by Gasteiger charge is -2.13. The molecule has 1 heterocycles. The number of nitrogens with zero attached hydrogens (tertiary/aromatic N) is 2. The highest BCUT2D eigenvalue weighted by atomic mass is 35.5. The summed E-state index contributed by atoms with van der Waals surface area (Å²) < 4.78 is 15.7. The second-order valence-corrected chi connectivity index (χ2v) is 10.7. The van der Waals surface area contributed by atoms with Crippen LogP contribution in [0.2, 0.25) is 10.0 Å². The molecular formula is C21H20Cl2N4O2S2. The highest BCUT2D eigenvalue weighted by molar-refractivity contribution is 7.86. The van der Waals surface area contributed by atoms with E-state index in [0.29, 0.717) is 38.5 Å². The van der Waals surface area contributed by atoms with E-state index in [9.17, 15) is 9.00 Å². The van der Waals surface area contributed by atoms with Crippen LogP contribution >= 0.6 is 34.5 Å². The second-order valence-electron chi connectivity index (χ2n) is 7.60. The van der Waals surface area contributed by atoms with E-state index in [1.807, 2.05) is 32.0 Å². The smallest absolute Gasteiger partial charge is 0.253 e. The highest BCUT2D eigenvalue weighted by Gasteiger charge is 2.25. The SMILES string of the molecule is CC(C)c1nnc(NS(=O)c2ccc3c(c2)CC(NC(=O)c2ccc(Cl)cc2Cl)C3)s1. The summed E-state index contributed by atoms with van der Waals surface area (Å²) in [6.45, 7) is 4.08. The minimum atomic E-state index is -1.44. The number of hydrogen-bond acceptors (Lipinski definition) is 5. The fraction of sp³-hybridized carbons (Fsp3) is 0.286. The van der Waals surface area contributed by atoms with E-state index in [4.69, 9.17) is 23.2 Å². The van der Waals surface area contributed by atoms with Gasteiger partial charge in [-0.15, -0.1) is 10.2 Å². The van der Waals surface area contributed by atoms with Crippen molar-refractivity contribution in [2.24, 2.45) is 0 Å². The van der Waals surface area contributed by atoms with Crippen LogP contribution in [0.4, 0.5) is 5.13 Å². The minimum absolute atomic E-state index is 0.0531. The Balaban J connectivity index is 1.41. The molecule has 3 aromatic rings. The molecule has 1 aliphatic carbocycles. The number of benzene rings is 2. The van der Waals surface area contributed by atoms with Crippen molar-refractivity contribution in [2.75, 3.05) is 4.72 Å². The van der Waals surface area contributed by atoms with Crippen molar-refractivity contribution in [3.8, 4) is 0 Å². The Morgan fingerprint density at radius 2 is 1.90 bits per heavy atom. The third-order valence-corrected chi connectivity index (χ3v) is 7.83. The van der Waals surface area contributed by atoms with Crippen molar-refractivity contribution >= 4 is 56.6 Å². The number of aromatic nitrogens is 2. The Morgan fingerprint density at radius 3 is 2.61 bits per heavy atom. The third kappa shape index (κ3) is 5.09. The van der Waals surface area contributed by atoms with E-state index >= 15 is 0 Å². The summed E-state index contributed by atoms with van der Waals surface area (Å²) in [6, 6.07) is 10.5. The molecule has 162 valence electrons. The third-order valence-electron chi connectivity index (χ3n) is 4.95. The van der Waals surface area contributed by atoms with Crippen LogP contribution in [0.3, 0.4) is 0 Å². The van der Waals surface area contributed by atoms with Gasteiger partial charge < -0.3 is 5.32 Å². The summed E-state index contributed by atoms with van der Waals surface area (Å²) in [4.78, 5) is 13.3. The first-order valence-corrected chi connectivity index (χ1v) is 12.4. The van der Waals surface area contributed by atoms with Crippen LogP contribution in [0, 0.1) is 0 Å². The number of hydrogen-bond donors (Lipinski definition) is 2. The molecule has 1 aliphatic rings. The molecule has 0 saturated heterocycles. The van der Waals surface area contributed by atoms with Gasteiger partial charge in [-0.05, 0) is 54.3 Å². The molecule has 0 bridgehead atoms. The maximum Gasteiger partial charge on any atom is 0.253 e. The van der Waals surface area contributed by atoms with E-state index in [-0.39, 0.29) is 17.9 Å². The predicted molar refractivity (Wildman–Crippen MR) is 126 cm³/mol. The Kier molecular flexibility index (Phi) is 6.62. The zero-order valence-electron chi connectivity index (χ0n) is 16.8. The molecule has 2 aromatic carbocycles. The van der Waals surface area contributed by atoms with Gasteiger partial charge in [0.1, 0.15) is 5.01 Å². The fourth-order valence-corrected chi connectivity index (χ4v) is 5.64. The number of anilines is 1. The lowest BCUT2D eigenvalue weighted by molar-refractivity contribution is 0.0938. The Morgan fingerprint density at radius 1 is 1.13 bits per heavy atom. The molecule has 0 spiro atoms. The van der Waals surface area contributed by atoms with Crippen molar-refractivity contribution in [1.29, 1.82) is 0 Å². The van der Waals surface area contributed by atoms with Gasteiger partial charge in [-0.25, -0.2) is 4.21 Å². The number of fused-ring (bicyclic) bond motifs is 1. The minimum Gasteiger partial charge on any atom is -0.349 e. The maximum absolute atomic E-state index is 12.7. The zero-order valence-corrected chi connectivity index (χ0v) is 20.0. The molecule has 2 N–H and O–H groups in total. The van der Waals surface area contributed by atoms with Crippen LogP contribution in [0.5, 0.6) is 0 Å². The fourth-order valence-electron chi connectivity index (χ4n) is 3.40. The summed E-state index contributed by atoms with van der Waals surface area (Å²) in [5.74, 6) is 0.0403. The topological polar surface area (TPSA) is 84.0 Å². The molecule has 0 radical (unpaired) electrons. The van der Waals surface area contributed by atoms with Crippen molar-refractivity contribution < 1.29 is 9.00 Å². The number of carbonyl (C=O) groups is 1. The molecule has 1 aromatic heterocycles. The highest BCUT2D eigenvalue weighted by Crippen LogP contribution is 2.28. The number of rotatable bonds is 6. The largest absolute Gasteiger partial charge is 0.349 e. The Hall–Kier alpha value is -2.00. The van der Waals surface area contributed by atoms with Gasteiger partial charge in [-0.2, -0.15) is 0 Å². The van der Waals surface area contributed by atoms with E-state index in [2.05, 4.69) is 20.2 Å². The van der Waals surface area contributed by atoms with Crippen LogP contribution in [0.25, 0.3) is 0 Å². The standard InChI is InChI=1S/C21H20Cl2N4O2S2/c1-11(2)20-25-26-21(30-20)27-31(29)16-5-3-12-7-15(8-13(12)9-16)24-19(28)17-6-4-14(22)10-18(17)23/h3-6,9-11,15H,7-8H2,1-2H3,(H,24,28)(H,26,27). The molecule has 0 aliphatic heterocycles. The van der Waals surface area contributed by atoms with E-state index in [1.165, 1.54) is 11.3 Å². The first-order valence-electron chi connectivity index (χ1n) is 9.69. The van der Waals surface area contributed by atoms with E-state index < -0.39 is 11.0 Å². The van der Waals surface area contributed by atoms with Crippen molar-refractivity contribution in [3.05, 3.63) is 68.1 Å². The van der Waals surface area contributed by atoms with Gasteiger partial charge in [-0.3, -0.25) is 9.52 Å². The lowest BCUT2D eigenvalue weighted by Crippen LogP contribution is -2.35. The summed E-state index contributed by atoms with van der Waals surface area (Å²) in [6.07, 6.45) is 1.37. The molecule has 2 atom stereocenters. The normalized spacial score (nSPS) is 16.2. The van der Waals surface area contributed by atoms with Gasteiger partial charge in [-0.1, -0.05) is 54.5 Å². The Bertz CT molecular complexity index is 1170. The van der Waals surface area contributed by atoms with Gasteiger partial charge in [0.2, 0.25) is 5.13 Å². The van der Waals surface area contributed by atoms with Gasteiger partial charge in [0.25, 0.3) is 5.91 Å². The monoisotopic (exact) mass is 494 g/mol. The summed E-state index contributed by atoms with van der Waals surface area (Å²) in [5.41, 5.74) is 2.59. The van der Waals surface area contributed by atoms with E-state index in [1.54, 1.807) is 18.2 Å². The molecular weight excluding hydrogens is 475 g/mol. The summed E-state index contributed by atoms with van der Waals surface area (Å²) in [5, 5.41) is 13.4. The number of amides is 1. The molecule has 0 saturated carbocycles. The quantitative estimate of drug-likeness (QED) is 0.504. The lowest BCUT2D eigenvalue weighted by atomic mass is 10.1. The van der Waals surface area contributed by atoms with Crippen molar-refractivity contribution in [2.45, 2.75) is 43.5 Å². The van der Waals surface area contributed by atoms with Crippen LogP contribution in [-0.4, -0.2) is 26.4 Å². The first kappa shape index (κ1) is 22.2. The van der Waals surface area contributed by atoms with Crippen LogP contribution in [0.15, 0.2) is 41.3 Å². The molecule has 4 rings (SSSR count).